The molecule has 0 bridgehead atoms. The SMILES string of the molecule is Cc1ccn(Cc2ccccc2CNC(C)C)n1. The van der Waals surface area contributed by atoms with Crippen molar-refractivity contribution in [2.45, 2.75) is 39.9 Å². The molecule has 0 saturated carbocycles. The van der Waals surface area contributed by atoms with Gasteiger partial charge < -0.3 is 5.32 Å². The van der Waals surface area contributed by atoms with Gasteiger partial charge in [-0.05, 0) is 24.1 Å². The lowest BCUT2D eigenvalue weighted by Crippen LogP contribution is -2.22. The lowest BCUT2D eigenvalue weighted by molar-refractivity contribution is 0.582. The standard InChI is InChI=1S/C15H21N3/c1-12(2)16-10-14-6-4-5-7-15(14)11-18-9-8-13(3)17-18/h4-9,12,16H,10-11H2,1-3H3. The van der Waals surface area contributed by atoms with Crippen molar-refractivity contribution in [1.29, 1.82) is 0 Å². The zero-order chi connectivity index (χ0) is 13.0. The van der Waals surface area contributed by atoms with Crippen molar-refractivity contribution in [3.63, 3.8) is 0 Å². The molecule has 0 radical (unpaired) electrons. The maximum atomic E-state index is 4.44. The highest BCUT2D eigenvalue weighted by Crippen LogP contribution is 2.11. The van der Waals surface area contributed by atoms with Gasteiger partial charge in [0.15, 0.2) is 0 Å². The van der Waals surface area contributed by atoms with Crippen LogP contribution in [-0.4, -0.2) is 15.8 Å². The molecular weight excluding hydrogens is 222 g/mol. The Kier molecular flexibility index (Phi) is 4.15. The first-order valence-corrected chi connectivity index (χ1v) is 6.45. The van der Waals surface area contributed by atoms with Crippen LogP contribution in [0.1, 0.15) is 30.7 Å². The number of rotatable bonds is 5. The van der Waals surface area contributed by atoms with Crippen LogP contribution in [-0.2, 0) is 13.1 Å². The van der Waals surface area contributed by atoms with Gasteiger partial charge in [0.1, 0.15) is 0 Å². The molecule has 1 N–H and O–H groups in total. The van der Waals surface area contributed by atoms with E-state index in [4.69, 9.17) is 0 Å². The predicted octanol–water partition coefficient (Wildman–Crippen LogP) is 2.74. The molecule has 0 saturated heterocycles. The fourth-order valence-electron chi connectivity index (χ4n) is 1.92. The molecule has 96 valence electrons. The van der Waals surface area contributed by atoms with Gasteiger partial charge in [0.2, 0.25) is 0 Å². The van der Waals surface area contributed by atoms with Gasteiger partial charge in [-0.1, -0.05) is 38.1 Å². The molecule has 3 heteroatoms. The van der Waals surface area contributed by atoms with Crippen LogP contribution in [0.15, 0.2) is 36.5 Å². The quantitative estimate of drug-likeness (QED) is 0.875. The molecule has 0 unspecified atom stereocenters. The molecule has 3 nitrogen and oxygen atoms in total. The third-order valence-electron chi connectivity index (χ3n) is 2.93. The van der Waals surface area contributed by atoms with Gasteiger partial charge in [0.05, 0.1) is 12.2 Å². The van der Waals surface area contributed by atoms with Gasteiger partial charge in [-0.3, -0.25) is 4.68 Å². The largest absolute Gasteiger partial charge is 0.310 e. The van der Waals surface area contributed by atoms with E-state index in [0.717, 1.165) is 18.8 Å². The summed E-state index contributed by atoms with van der Waals surface area (Å²) < 4.78 is 1.99. The summed E-state index contributed by atoms with van der Waals surface area (Å²) in [6.07, 6.45) is 2.03. The average Bonchev–Trinajstić information content (AvgIpc) is 2.73. The molecule has 0 aliphatic heterocycles. The number of hydrogen-bond acceptors (Lipinski definition) is 2. The third kappa shape index (κ3) is 3.44. The smallest absolute Gasteiger partial charge is 0.0662 e. The Labute approximate surface area is 109 Å². The first kappa shape index (κ1) is 12.8. The second-order valence-corrected chi connectivity index (χ2v) is 4.96. The topological polar surface area (TPSA) is 29.9 Å². The second kappa shape index (κ2) is 5.83. The zero-order valence-electron chi connectivity index (χ0n) is 11.4. The van der Waals surface area contributed by atoms with E-state index in [0.29, 0.717) is 6.04 Å². The number of benzene rings is 1. The highest BCUT2D eigenvalue weighted by atomic mass is 15.3. The summed E-state index contributed by atoms with van der Waals surface area (Å²) in [5.74, 6) is 0. The number of nitrogens with one attached hydrogen (secondary N) is 1. The summed E-state index contributed by atoms with van der Waals surface area (Å²) in [5, 5.41) is 7.90. The Hall–Kier alpha value is -1.61. The number of aryl methyl sites for hydroxylation is 1. The first-order valence-electron chi connectivity index (χ1n) is 6.45. The minimum absolute atomic E-state index is 0.505. The lowest BCUT2D eigenvalue weighted by atomic mass is 10.1. The highest BCUT2D eigenvalue weighted by molar-refractivity contribution is 5.27. The van der Waals surface area contributed by atoms with Crippen molar-refractivity contribution in [3.05, 3.63) is 53.3 Å². The van der Waals surface area contributed by atoms with Gasteiger partial charge >= 0.3 is 0 Å². The Morgan fingerprint density at radius 2 is 1.89 bits per heavy atom. The van der Waals surface area contributed by atoms with E-state index in [1.54, 1.807) is 0 Å². The normalized spacial score (nSPS) is 11.1. The van der Waals surface area contributed by atoms with Crippen molar-refractivity contribution in [3.8, 4) is 0 Å². The molecule has 2 rings (SSSR count). The van der Waals surface area contributed by atoms with Crippen molar-refractivity contribution in [2.24, 2.45) is 0 Å². The van der Waals surface area contributed by atoms with Crippen LogP contribution >= 0.6 is 0 Å². The Morgan fingerprint density at radius 3 is 2.50 bits per heavy atom. The monoisotopic (exact) mass is 243 g/mol. The fourth-order valence-corrected chi connectivity index (χ4v) is 1.92. The lowest BCUT2D eigenvalue weighted by Gasteiger charge is -2.12. The molecule has 0 atom stereocenters. The van der Waals surface area contributed by atoms with Crippen LogP contribution in [0.3, 0.4) is 0 Å². The zero-order valence-corrected chi connectivity index (χ0v) is 11.4. The van der Waals surface area contributed by atoms with Gasteiger partial charge in [-0.2, -0.15) is 5.10 Å². The van der Waals surface area contributed by atoms with E-state index in [9.17, 15) is 0 Å². The van der Waals surface area contributed by atoms with Crippen LogP contribution in [0.5, 0.6) is 0 Å². The van der Waals surface area contributed by atoms with Crippen molar-refractivity contribution in [1.82, 2.24) is 15.1 Å². The fraction of sp³-hybridized carbons (Fsp3) is 0.400. The molecule has 1 aromatic heterocycles. The van der Waals surface area contributed by atoms with Crippen LogP contribution in [0.25, 0.3) is 0 Å². The van der Waals surface area contributed by atoms with Gasteiger partial charge in [-0.25, -0.2) is 0 Å². The average molecular weight is 243 g/mol. The van der Waals surface area contributed by atoms with Crippen molar-refractivity contribution >= 4 is 0 Å². The van der Waals surface area contributed by atoms with E-state index in [-0.39, 0.29) is 0 Å². The van der Waals surface area contributed by atoms with Gasteiger partial charge in [0.25, 0.3) is 0 Å². The molecule has 0 spiro atoms. The first-order chi connectivity index (χ1) is 8.65. The molecule has 0 amide bonds. The Balaban J connectivity index is 2.11. The summed E-state index contributed by atoms with van der Waals surface area (Å²) >= 11 is 0. The minimum atomic E-state index is 0.505. The summed E-state index contributed by atoms with van der Waals surface area (Å²) in [7, 11) is 0. The maximum absolute atomic E-state index is 4.44. The number of hydrogen-bond donors (Lipinski definition) is 1. The van der Waals surface area contributed by atoms with Crippen LogP contribution < -0.4 is 5.32 Å². The van der Waals surface area contributed by atoms with Crippen LogP contribution in [0.2, 0.25) is 0 Å². The van der Waals surface area contributed by atoms with E-state index < -0.39 is 0 Å². The van der Waals surface area contributed by atoms with Crippen LogP contribution in [0.4, 0.5) is 0 Å². The third-order valence-corrected chi connectivity index (χ3v) is 2.93. The van der Waals surface area contributed by atoms with Gasteiger partial charge in [0, 0.05) is 18.8 Å². The second-order valence-electron chi connectivity index (χ2n) is 4.96. The molecule has 18 heavy (non-hydrogen) atoms. The van der Waals surface area contributed by atoms with E-state index in [1.807, 2.05) is 23.9 Å². The molecule has 2 aromatic rings. The maximum Gasteiger partial charge on any atom is 0.0662 e. The van der Waals surface area contributed by atoms with Crippen molar-refractivity contribution in [2.75, 3.05) is 0 Å². The van der Waals surface area contributed by atoms with Gasteiger partial charge in [-0.15, -0.1) is 0 Å². The summed E-state index contributed by atoms with van der Waals surface area (Å²) in [4.78, 5) is 0. The van der Waals surface area contributed by atoms with Crippen LogP contribution in [0, 0.1) is 6.92 Å². The molecule has 0 aliphatic rings. The molecule has 0 fully saturated rings. The Bertz CT molecular complexity index is 500. The van der Waals surface area contributed by atoms with Crippen molar-refractivity contribution < 1.29 is 0 Å². The molecular formula is C15H21N3. The summed E-state index contributed by atoms with van der Waals surface area (Å²) in [6, 6.07) is 11.1. The number of aromatic nitrogens is 2. The Morgan fingerprint density at radius 1 is 1.17 bits per heavy atom. The molecule has 0 aliphatic carbocycles. The summed E-state index contributed by atoms with van der Waals surface area (Å²) in [5.41, 5.74) is 3.74. The summed E-state index contributed by atoms with van der Waals surface area (Å²) in [6.45, 7) is 8.10. The number of nitrogens with zero attached hydrogens (tertiary/aromatic N) is 2. The highest BCUT2D eigenvalue weighted by Gasteiger charge is 2.04. The molecule has 1 aromatic carbocycles. The van der Waals surface area contributed by atoms with E-state index >= 15 is 0 Å². The minimum Gasteiger partial charge on any atom is -0.310 e. The van der Waals surface area contributed by atoms with E-state index in [2.05, 4.69) is 48.5 Å². The molecule has 1 heterocycles. The van der Waals surface area contributed by atoms with E-state index in [1.165, 1.54) is 11.1 Å². The predicted molar refractivity (Wildman–Crippen MR) is 74.5 cm³/mol.